The lowest BCUT2D eigenvalue weighted by Crippen LogP contribution is -2.00. The summed E-state index contributed by atoms with van der Waals surface area (Å²) in [5, 5.41) is 0. The Morgan fingerprint density at radius 3 is 2.21 bits per heavy atom. The molecule has 0 heterocycles. The minimum atomic E-state index is -2.64. The number of hydrogen-bond acceptors (Lipinski definition) is 1. The maximum Gasteiger partial charge on any atom is 0.264 e. The van der Waals surface area contributed by atoms with Crippen LogP contribution in [0.4, 0.5) is 8.78 Å². The number of carbonyl (C=O) groups excluding carboxylic acids is 1. The maximum absolute atomic E-state index is 12.5. The van der Waals surface area contributed by atoms with E-state index in [1.165, 1.54) is 19.1 Å². The third-order valence-corrected chi connectivity index (χ3v) is 3.55. The van der Waals surface area contributed by atoms with Gasteiger partial charge in [0.05, 0.1) is 0 Å². The fraction of sp³-hybridized carbons (Fsp3) is 0.222. The van der Waals surface area contributed by atoms with Gasteiger partial charge < -0.3 is 0 Å². The molecule has 0 aliphatic rings. The van der Waals surface area contributed by atoms with Gasteiger partial charge in [-0.15, -0.1) is 0 Å². The number of Topliss-reactive ketones (excluding diaryl/α,β-unsaturated/α-hetero) is 1. The summed E-state index contributed by atoms with van der Waals surface area (Å²) in [7, 11) is 0. The molecule has 0 aliphatic carbocycles. The molecule has 14 heavy (non-hydrogen) atoms. The van der Waals surface area contributed by atoms with Crippen molar-refractivity contribution >= 4 is 37.6 Å². The number of rotatable bonds is 2. The number of halogens is 4. The second kappa shape index (κ2) is 4.49. The van der Waals surface area contributed by atoms with Crippen LogP contribution >= 0.6 is 31.9 Å². The lowest BCUT2D eigenvalue weighted by molar-refractivity contribution is 0.0999. The van der Waals surface area contributed by atoms with Crippen LogP contribution in [0.25, 0.3) is 0 Å². The first-order chi connectivity index (χ1) is 6.43. The summed E-state index contributed by atoms with van der Waals surface area (Å²) in [6.45, 7) is 1.27. The van der Waals surface area contributed by atoms with Gasteiger partial charge in [0, 0.05) is 20.1 Å². The molecule has 0 saturated carbocycles. The highest BCUT2D eigenvalue weighted by molar-refractivity contribution is 9.13. The first kappa shape index (κ1) is 11.8. The van der Waals surface area contributed by atoms with E-state index < -0.39 is 6.43 Å². The van der Waals surface area contributed by atoms with Crippen LogP contribution in [0, 0.1) is 0 Å². The second-order valence-electron chi connectivity index (χ2n) is 2.71. The van der Waals surface area contributed by atoms with E-state index in [0.29, 0.717) is 8.95 Å². The zero-order chi connectivity index (χ0) is 10.9. The molecule has 0 bridgehead atoms. The quantitative estimate of drug-likeness (QED) is 0.738. The summed E-state index contributed by atoms with van der Waals surface area (Å²) in [5.74, 6) is -0.367. The summed E-state index contributed by atoms with van der Waals surface area (Å²) < 4.78 is 26.1. The highest BCUT2D eigenvalue weighted by Crippen LogP contribution is 2.32. The zero-order valence-corrected chi connectivity index (χ0v) is 10.3. The Kier molecular flexibility index (Phi) is 3.78. The molecule has 0 aromatic heterocycles. The molecule has 0 N–H and O–H groups in total. The van der Waals surface area contributed by atoms with E-state index >= 15 is 0 Å². The normalized spacial score (nSPS) is 10.7. The lowest BCUT2D eigenvalue weighted by atomic mass is 10.1. The van der Waals surface area contributed by atoms with Gasteiger partial charge in [-0.1, -0.05) is 0 Å². The van der Waals surface area contributed by atoms with E-state index in [2.05, 4.69) is 31.9 Å². The van der Waals surface area contributed by atoms with Crippen LogP contribution in [0.5, 0.6) is 0 Å². The standard InChI is InChI=1S/C9H6Br2F2O/c1-4(14)5-2-7(10)8(11)3-6(5)9(12)13/h2-3,9H,1H3. The molecule has 0 amide bonds. The van der Waals surface area contributed by atoms with Crippen LogP contribution in [0.1, 0.15) is 29.3 Å². The summed E-state index contributed by atoms with van der Waals surface area (Å²) in [6.07, 6.45) is -2.64. The van der Waals surface area contributed by atoms with Gasteiger partial charge >= 0.3 is 0 Å². The fourth-order valence-corrected chi connectivity index (χ4v) is 1.75. The van der Waals surface area contributed by atoms with E-state index in [4.69, 9.17) is 0 Å². The Bertz CT molecular complexity index is 377. The Balaban J connectivity index is 3.39. The van der Waals surface area contributed by atoms with Crippen molar-refractivity contribution in [3.8, 4) is 0 Å². The van der Waals surface area contributed by atoms with Crippen molar-refractivity contribution in [2.24, 2.45) is 0 Å². The van der Waals surface area contributed by atoms with E-state index in [1.54, 1.807) is 0 Å². The van der Waals surface area contributed by atoms with Crippen LogP contribution in [-0.2, 0) is 0 Å². The molecule has 1 rings (SSSR count). The molecular formula is C9H6Br2F2O. The third kappa shape index (κ3) is 2.39. The average Bonchev–Trinajstić information content (AvgIpc) is 2.08. The van der Waals surface area contributed by atoms with Crippen LogP contribution in [0.15, 0.2) is 21.1 Å². The molecule has 0 saturated heterocycles. The molecule has 0 atom stereocenters. The Hall–Kier alpha value is -0.290. The summed E-state index contributed by atoms with van der Waals surface area (Å²) in [5.41, 5.74) is -0.192. The lowest BCUT2D eigenvalue weighted by Gasteiger charge is -2.07. The SMILES string of the molecule is CC(=O)c1cc(Br)c(Br)cc1C(F)F. The highest BCUT2D eigenvalue weighted by atomic mass is 79.9. The van der Waals surface area contributed by atoms with Crippen molar-refractivity contribution in [2.45, 2.75) is 13.3 Å². The van der Waals surface area contributed by atoms with Crippen molar-refractivity contribution in [1.29, 1.82) is 0 Å². The minimum Gasteiger partial charge on any atom is -0.294 e. The van der Waals surface area contributed by atoms with Gasteiger partial charge in [-0.2, -0.15) is 0 Å². The number of ketones is 1. The topological polar surface area (TPSA) is 17.1 Å². The molecule has 0 unspecified atom stereocenters. The van der Waals surface area contributed by atoms with Crippen molar-refractivity contribution < 1.29 is 13.6 Å². The van der Waals surface area contributed by atoms with Gasteiger partial charge in [0.2, 0.25) is 0 Å². The molecular weight excluding hydrogens is 322 g/mol. The number of carbonyl (C=O) groups is 1. The van der Waals surface area contributed by atoms with Gasteiger partial charge in [-0.05, 0) is 50.9 Å². The van der Waals surface area contributed by atoms with E-state index in [9.17, 15) is 13.6 Å². The van der Waals surface area contributed by atoms with Crippen molar-refractivity contribution in [3.05, 3.63) is 32.2 Å². The molecule has 1 aromatic carbocycles. The van der Waals surface area contributed by atoms with Gasteiger partial charge in [-0.3, -0.25) is 4.79 Å². The number of alkyl halides is 2. The van der Waals surface area contributed by atoms with Crippen LogP contribution < -0.4 is 0 Å². The summed E-state index contributed by atoms with van der Waals surface area (Å²) >= 11 is 6.26. The van der Waals surface area contributed by atoms with Gasteiger partial charge in [-0.25, -0.2) is 8.78 Å². The third-order valence-electron chi connectivity index (χ3n) is 1.71. The molecule has 1 nitrogen and oxygen atoms in total. The van der Waals surface area contributed by atoms with Crippen molar-refractivity contribution in [2.75, 3.05) is 0 Å². The molecule has 0 aliphatic heterocycles. The molecule has 1 aromatic rings. The monoisotopic (exact) mass is 326 g/mol. The first-order valence-electron chi connectivity index (χ1n) is 3.71. The Labute approximate surface area is 96.8 Å². The molecule has 0 radical (unpaired) electrons. The first-order valence-corrected chi connectivity index (χ1v) is 5.30. The number of benzene rings is 1. The zero-order valence-electron chi connectivity index (χ0n) is 7.15. The Morgan fingerprint density at radius 2 is 1.79 bits per heavy atom. The van der Waals surface area contributed by atoms with E-state index in [1.807, 2.05) is 0 Å². The van der Waals surface area contributed by atoms with Gasteiger partial charge in [0.15, 0.2) is 5.78 Å². The van der Waals surface area contributed by atoms with E-state index in [-0.39, 0.29) is 16.9 Å². The van der Waals surface area contributed by atoms with Gasteiger partial charge in [0.1, 0.15) is 0 Å². The number of hydrogen-bond donors (Lipinski definition) is 0. The molecule has 0 fully saturated rings. The predicted molar refractivity (Wildman–Crippen MR) is 56.8 cm³/mol. The van der Waals surface area contributed by atoms with Crippen LogP contribution in [-0.4, -0.2) is 5.78 Å². The fourth-order valence-electron chi connectivity index (χ4n) is 1.05. The molecule has 76 valence electrons. The second-order valence-corrected chi connectivity index (χ2v) is 4.42. The van der Waals surface area contributed by atoms with Crippen molar-refractivity contribution in [3.63, 3.8) is 0 Å². The van der Waals surface area contributed by atoms with Crippen molar-refractivity contribution in [1.82, 2.24) is 0 Å². The largest absolute Gasteiger partial charge is 0.294 e. The minimum absolute atomic E-state index is 0.0510. The molecule has 0 spiro atoms. The highest BCUT2D eigenvalue weighted by Gasteiger charge is 2.17. The van der Waals surface area contributed by atoms with Gasteiger partial charge in [0.25, 0.3) is 6.43 Å². The van der Waals surface area contributed by atoms with Crippen LogP contribution in [0.2, 0.25) is 0 Å². The molecule has 5 heteroatoms. The maximum atomic E-state index is 12.5. The summed E-state index contributed by atoms with van der Waals surface area (Å²) in [6, 6.07) is 2.65. The predicted octanol–water partition coefficient (Wildman–Crippen LogP) is 4.35. The average molecular weight is 328 g/mol. The Morgan fingerprint density at radius 1 is 1.29 bits per heavy atom. The smallest absolute Gasteiger partial charge is 0.264 e. The van der Waals surface area contributed by atoms with Crippen LogP contribution in [0.3, 0.4) is 0 Å². The van der Waals surface area contributed by atoms with E-state index in [0.717, 1.165) is 0 Å². The summed E-state index contributed by atoms with van der Waals surface area (Å²) in [4.78, 5) is 11.1.